The van der Waals surface area contributed by atoms with Gasteiger partial charge in [-0.2, -0.15) is 0 Å². The van der Waals surface area contributed by atoms with Crippen LogP contribution in [0.4, 0.5) is 0 Å². The smallest absolute Gasteiger partial charge is 0.331 e. The first-order valence-corrected chi connectivity index (χ1v) is 5.64. The van der Waals surface area contributed by atoms with Gasteiger partial charge in [0.1, 0.15) is 6.10 Å². The maximum atomic E-state index is 11.3. The number of ether oxygens (including phenoxy) is 1. The number of aliphatic hydroxyl groups excluding tert-OH is 3. The van der Waals surface area contributed by atoms with Crippen LogP contribution in [-0.2, 0) is 9.53 Å². The third-order valence-corrected chi connectivity index (χ3v) is 2.63. The van der Waals surface area contributed by atoms with Crippen LogP contribution in [0.2, 0.25) is 0 Å². The summed E-state index contributed by atoms with van der Waals surface area (Å²) < 4.78 is 5.02. The van der Waals surface area contributed by atoms with E-state index in [-0.39, 0.29) is 6.42 Å². The van der Waals surface area contributed by atoms with E-state index in [4.69, 9.17) is 4.74 Å². The molecule has 0 bridgehead atoms. The molecule has 0 amide bonds. The van der Waals surface area contributed by atoms with Crippen LogP contribution in [-0.4, -0.2) is 45.7 Å². The first kappa shape index (κ1) is 13.9. The number of aliphatic hydroxyl groups is 3. The van der Waals surface area contributed by atoms with E-state index in [1.165, 1.54) is 24.3 Å². The molecule has 3 N–H and O–H groups in total. The zero-order valence-electron chi connectivity index (χ0n) is 9.69. The fourth-order valence-electron chi connectivity index (χ4n) is 1.55. The molecule has 1 aliphatic heterocycles. The molecule has 0 aromatic rings. The van der Waals surface area contributed by atoms with Gasteiger partial charge >= 0.3 is 5.97 Å². The lowest BCUT2D eigenvalue weighted by molar-refractivity contribution is -0.152. The Morgan fingerprint density at radius 1 is 1.47 bits per heavy atom. The van der Waals surface area contributed by atoms with Crippen LogP contribution in [0.15, 0.2) is 24.3 Å². The summed E-state index contributed by atoms with van der Waals surface area (Å²) in [6, 6.07) is 0. The van der Waals surface area contributed by atoms with Crippen LogP contribution in [0.1, 0.15) is 19.8 Å². The molecular weight excluding hydrogens is 224 g/mol. The Morgan fingerprint density at radius 3 is 2.82 bits per heavy atom. The molecule has 0 unspecified atom stereocenters. The lowest BCUT2D eigenvalue weighted by atomic mass is 10.0. The number of carbonyl (C=O) groups is 1. The number of carbonyl (C=O) groups excluding carboxylic acids is 1. The van der Waals surface area contributed by atoms with Gasteiger partial charge in [-0.15, -0.1) is 0 Å². The average molecular weight is 242 g/mol. The number of cyclic esters (lactones) is 1. The van der Waals surface area contributed by atoms with Crippen molar-refractivity contribution in [3.05, 3.63) is 24.3 Å². The Hall–Kier alpha value is -1.17. The average Bonchev–Trinajstić information content (AvgIpc) is 2.31. The Labute approximate surface area is 100 Å². The molecule has 0 aliphatic carbocycles. The molecule has 17 heavy (non-hydrogen) atoms. The highest BCUT2D eigenvalue weighted by Crippen LogP contribution is 2.15. The highest BCUT2D eigenvalue weighted by atomic mass is 16.6. The van der Waals surface area contributed by atoms with Crippen molar-refractivity contribution in [1.82, 2.24) is 0 Å². The van der Waals surface area contributed by atoms with E-state index in [1.54, 1.807) is 6.92 Å². The number of rotatable bonds is 2. The van der Waals surface area contributed by atoms with E-state index in [0.29, 0.717) is 6.42 Å². The molecule has 5 nitrogen and oxygen atoms in total. The highest BCUT2D eigenvalue weighted by Gasteiger charge is 2.27. The molecule has 1 rings (SSSR count). The van der Waals surface area contributed by atoms with Crippen LogP contribution in [0.3, 0.4) is 0 Å². The fourth-order valence-corrected chi connectivity index (χ4v) is 1.55. The van der Waals surface area contributed by atoms with Crippen LogP contribution < -0.4 is 0 Å². The minimum absolute atomic E-state index is 0.0000926. The molecule has 5 heteroatoms. The van der Waals surface area contributed by atoms with E-state index < -0.39 is 30.4 Å². The SMILES string of the molecule is CC[C@@H](O)[C@@H]1C[C@H](O)[C@@H](O)/C=C\C=C/C(=O)O1. The summed E-state index contributed by atoms with van der Waals surface area (Å²) in [5, 5.41) is 28.9. The van der Waals surface area contributed by atoms with Gasteiger partial charge in [-0.3, -0.25) is 0 Å². The summed E-state index contributed by atoms with van der Waals surface area (Å²) in [6.07, 6.45) is 2.10. The summed E-state index contributed by atoms with van der Waals surface area (Å²) >= 11 is 0. The number of esters is 1. The molecule has 1 heterocycles. The molecule has 0 saturated carbocycles. The monoisotopic (exact) mass is 242 g/mol. The number of hydrogen-bond acceptors (Lipinski definition) is 5. The summed E-state index contributed by atoms with van der Waals surface area (Å²) in [4.78, 5) is 11.3. The van der Waals surface area contributed by atoms with Crippen molar-refractivity contribution in [2.45, 2.75) is 44.2 Å². The predicted octanol–water partition coefficient (Wildman–Crippen LogP) is -0.0930. The summed E-state index contributed by atoms with van der Waals surface area (Å²) in [6.45, 7) is 1.75. The van der Waals surface area contributed by atoms with Gasteiger partial charge in [-0.25, -0.2) is 4.79 Å². The van der Waals surface area contributed by atoms with Crippen LogP contribution >= 0.6 is 0 Å². The van der Waals surface area contributed by atoms with Crippen LogP contribution in [0, 0.1) is 0 Å². The van der Waals surface area contributed by atoms with Gasteiger partial charge in [-0.1, -0.05) is 25.2 Å². The zero-order valence-corrected chi connectivity index (χ0v) is 9.69. The normalized spacial score (nSPS) is 35.8. The molecule has 0 fully saturated rings. The van der Waals surface area contributed by atoms with Crippen molar-refractivity contribution in [3.8, 4) is 0 Å². The van der Waals surface area contributed by atoms with E-state index in [1.807, 2.05) is 0 Å². The summed E-state index contributed by atoms with van der Waals surface area (Å²) in [5.74, 6) is -0.573. The Morgan fingerprint density at radius 2 is 2.18 bits per heavy atom. The van der Waals surface area contributed by atoms with Crippen molar-refractivity contribution >= 4 is 5.97 Å². The summed E-state index contributed by atoms with van der Waals surface area (Å²) in [5.41, 5.74) is 0. The van der Waals surface area contributed by atoms with Crippen molar-refractivity contribution in [1.29, 1.82) is 0 Å². The van der Waals surface area contributed by atoms with E-state index in [0.717, 1.165) is 0 Å². The van der Waals surface area contributed by atoms with Crippen molar-refractivity contribution in [2.24, 2.45) is 0 Å². The van der Waals surface area contributed by atoms with Gasteiger partial charge in [-0.05, 0) is 6.42 Å². The van der Waals surface area contributed by atoms with Gasteiger partial charge in [0.2, 0.25) is 0 Å². The molecule has 0 saturated heterocycles. The molecule has 0 aromatic carbocycles. The number of hydrogen-bond donors (Lipinski definition) is 3. The lowest BCUT2D eigenvalue weighted by Crippen LogP contribution is -2.37. The van der Waals surface area contributed by atoms with Gasteiger partial charge in [0.05, 0.1) is 18.3 Å². The van der Waals surface area contributed by atoms with Gasteiger partial charge < -0.3 is 20.1 Å². The lowest BCUT2D eigenvalue weighted by Gasteiger charge is -2.25. The predicted molar refractivity (Wildman–Crippen MR) is 61.1 cm³/mol. The van der Waals surface area contributed by atoms with Crippen molar-refractivity contribution < 1.29 is 24.9 Å². The molecular formula is C12H18O5. The Kier molecular flexibility index (Phi) is 5.34. The third kappa shape index (κ3) is 4.30. The van der Waals surface area contributed by atoms with Crippen LogP contribution in [0.25, 0.3) is 0 Å². The third-order valence-electron chi connectivity index (χ3n) is 2.63. The first-order valence-electron chi connectivity index (χ1n) is 5.64. The summed E-state index contributed by atoms with van der Waals surface area (Å²) in [7, 11) is 0. The van der Waals surface area contributed by atoms with Crippen molar-refractivity contribution in [3.63, 3.8) is 0 Å². The zero-order chi connectivity index (χ0) is 12.8. The largest absolute Gasteiger partial charge is 0.456 e. The van der Waals surface area contributed by atoms with Gasteiger partial charge in [0, 0.05) is 12.5 Å². The topological polar surface area (TPSA) is 87.0 Å². The van der Waals surface area contributed by atoms with E-state index >= 15 is 0 Å². The number of allylic oxidation sites excluding steroid dienone is 2. The second-order valence-electron chi connectivity index (χ2n) is 3.99. The second-order valence-corrected chi connectivity index (χ2v) is 3.99. The van der Waals surface area contributed by atoms with Gasteiger partial charge in [0.25, 0.3) is 0 Å². The van der Waals surface area contributed by atoms with E-state index in [2.05, 4.69) is 0 Å². The Balaban J connectivity index is 2.82. The molecule has 1 aliphatic rings. The minimum Gasteiger partial charge on any atom is -0.456 e. The molecule has 0 radical (unpaired) electrons. The standard InChI is InChI=1S/C12H18O5/c1-2-8(13)11-7-10(15)9(14)5-3-4-6-12(16)17-11/h3-6,8-11,13-15H,2,7H2,1H3/b5-3-,6-4-/t8-,9+,10+,11+/m1/s1. The molecule has 0 aromatic heterocycles. The molecule has 96 valence electrons. The minimum atomic E-state index is -1.07. The maximum Gasteiger partial charge on any atom is 0.331 e. The second kappa shape index (κ2) is 6.54. The molecule has 4 atom stereocenters. The van der Waals surface area contributed by atoms with Gasteiger partial charge in [0.15, 0.2) is 0 Å². The molecule has 0 spiro atoms. The van der Waals surface area contributed by atoms with E-state index in [9.17, 15) is 20.1 Å². The van der Waals surface area contributed by atoms with Crippen LogP contribution in [0.5, 0.6) is 0 Å². The van der Waals surface area contributed by atoms with Crippen molar-refractivity contribution in [2.75, 3.05) is 0 Å². The Bertz CT molecular complexity index is 310. The highest BCUT2D eigenvalue weighted by molar-refractivity contribution is 5.82. The quantitative estimate of drug-likeness (QED) is 0.589. The maximum absolute atomic E-state index is 11.3. The fraction of sp³-hybridized carbons (Fsp3) is 0.583. The first-order chi connectivity index (χ1) is 8.04.